The second-order valence-electron chi connectivity index (χ2n) is 9.79. The molecule has 1 fully saturated rings. The Morgan fingerprint density at radius 1 is 1.08 bits per heavy atom. The van der Waals surface area contributed by atoms with Crippen LogP contribution in [0.2, 0.25) is 0 Å². The van der Waals surface area contributed by atoms with E-state index >= 15 is 0 Å². The number of hydrogen-bond donors (Lipinski definition) is 5. The van der Waals surface area contributed by atoms with E-state index in [4.69, 9.17) is 10.8 Å². The number of benzene rings is 2. The summed E-state index contributed by atoms with van der Waals surface area (Å²) < 4.78 is 0. The molecule has 1 saturated heterocycles. The molecule has 0 unspecified atom stereocenters. The lowest BCUT2D eigenvalue weighted by atomic mass is 9.90. The lowest BCUT2D eigenvalue weighted by Gasteiger charge is -2.31. The number of amidine groups is 2. The van der Waals surface area contributed by atoms with E-state index in [-0.39, 0.29) is 34.7 Å². The van der Waals surface area contributed by atoms with Gasteiger partial charge >= 0.3 is 0 Å². The molecule has 198 valence electrons. The Kier molecular flexibility index (Phi) is 8.91. The molecule has 2 aromatic rings. The lowest BCUT2D eigenvalue weighted by Crippen LogP contribution is -2.46. The molecule has 0 saturated carbocycles. The number of amides is 2. The Morgan fingerprint density at radius 2 is 1.70 bits per heavy atom. The van der Waals surface area contributed by atoms with Crippen molar-refractivity contribution in [2.24, 2.45) is 5.92 Å². The van der Waals surface area contributed by atoms with Gasteiger partial charge in [-0.3, -0.25) is 25.3 Å². The summed E-state index contributed by atoms with van der Waals surface area (Å²) in [5, 5.41) is 40.8. The number of aromatic hydroxyl groups is 2. The second-order valence-corrected chi connectivity index (χ2v) is 9.79. The first-order valence-corrected chi connectivity index (χ1v) is 12.7. The van der Waals surface area contributed by atoms with Gasteiger partial charge in [-0.15, -0.1) is 0 Å². The average molecular weight is 508 g/mol. The number of hydrogen-bond acceptors (Lipinski definition) is 6. The average Bonchev–Trinajstić information content (AvgIpc) is 2.85. The van der Waals surface area contributed by atoms with E-state index in [1.807, 2.05) is 30.9 Å². The van der Waals surface area contributed by atoms with E-state index in [1.165, 1.54) is 17.0 Å². The normalized spacial score (nSPS) is 13.9. The van der Waals surface area contributed by atoms with Crippen LogP contribution >= 0.6 is 0 Å². The summed E-state index contributed by atoms with van der Waals surface area (Å²) in [6.45, 7) is 8.97. The van der Waals surface area contributed by atoms with Crippen molar-refractivity contribution in [3.63, 3.8) is 0 Å². The van der Waals surface area contributed by atoms with Crippen LogP contribution in [-0.4, -0.2) is 58.2 Å². The minimum atomic E-state index is -0.643. The number of piperidine rings is 1. The van der Waals surface area contributed by atoms with E-state index in [0.717, 1.165) is 37.9 Å². The third kappa shape index (κ3) is 6.47. The van der Waals surface area contributed by atoms with Gasteiger partial charge in [0.2, 0.25) is 5.91 Å². The molecule has 37 heavy (non-hydrogen) atoms. The van der Waals surface area contributed by atoms with Gasteiger partial charge in [-0.05, 0) is 67.3 Å². The van der Waals surface area contributed by atoms with Crippen molar-refractivity contribution in [2.75, 3.05) is 24.5 Å². The fourth-order valence-electron chi connectivity index (χ4n) is 4.65. The highest BCUT2D eigenvalue weighted by molar-refractivity contribution is 6.48. The zero-order valence-electron chi connectivity index (χ0n) is 22.0. The topological polar surface area (TPSA) is 141 Å². The van der Waals surface area contributed by atoms with Gasteiger partial charge in [0.25, 0.3) is 5.91 Å². The maximum Gasteiger partial charge on any atom is 0.287 e. The van der Waals surface area contributed by atoms with Gasteiger partial charge in [-0.2, -0.15) is 0 Å². The minimum Gasteiger partial charge on any atom is -0.508 e. The monoisotopic (exact) mass is 507 g/mol. The summed E-state index contributed by atoms with van der Waals surface area (Å²) in [5.41, 5.74) is 2.19. The highest BCUT2D eigenvalue weighted by atomic mass is 16.3. The molecule has 0 spiro atoms. The molecule has 2 aromatic carbocycles. The van der Waals surface area contributed by atoms with E-state index < -0.39 is 11.7 Å². The Morgan fingerprint density at radius 3 is 2.24 bits per heavy atom. The molecule has 5 N–H and O–H groups in total. The zero-order valence-corrected chi connectivity index (χ0v) is 22.0. The molecular formula is C28H37N5O4. The first-order chi connectivity index (χ1) is 17.5. The van der Waals surface area contributed by atoms with Crippen molar-refractivity contribution < 1.29 is 19.8 Å². The number of phenols is 2. The predicted molar refractivity (Wildman–Crippen MR) is 145 cm³/mol. The second kappa shape index (κ2) is 11.9. The molecule has 3 rings (SSSR count). The third-order valence-electron chi connectivity index (χ3n) is 6.80. The molecule has 0 radical (unpaired) electrons. The zero-order chi connectivity index (χ0) is 27.3. The molecule has 1 aliphatic rings. The largest absolute Gasteiger partial charge is 0.508 e. The number of phenolic OH excluding ortho intramolecular Hbond substituents is 2. The number of likely N-dealkylation sites (tertiary alicyclic amines) is 1. The maximum absolute atomic E-state index is 12.6. The smallest absolute Gasteiger partial charge is 0.287 e. The molecule has 1 aliphatic heterocycles. The van der Waals surface area contributed by atoms with Crippen LogP contribution in [-0.2, 0) is 16.0 Å². The van der Waals surface area contributed by atoms with Gasteiger partial charge in [0.05, 0.1) is 5.56 Å². The summed E-state index contributed by atoms with van der Waals surface area (Å²) >= 11 is 0. The minimum absolute atomic E-state index is 0.0648. The van der Waals surface area contributed by atoms with Gasteiger partial charge in [-0.25, -0.2) is 0 Å². The van der Waals surface area contributed by atoms with Crippen molar-refractivity contribution in [1.82, 2.24) is 10.2 Å². The fraction of sp³-hybridized carbons (Fsp3) is 0.429. The van der Waals surface area contributed by atoms with Crippen LogP contribution in [0.4, 0.5) is 5.69 Å². The molecule has 0 atom stereocenters. The van der Waals surface area contributed by atoms with Crippen molar-refractivity contribution in [3.05, 3.63) is 53.1 Å². The number of nitrogens with one attached hydrogen (secondary N) is 3. The number of rotatable bonds is 6. The molecule has 0 aliphatic carbocycles. The summed E-state index contributed by atoms with van der Waals surface area (Å²) in [6, 6.07) is 10.1. The molecule has 9 heteroatoms. The van der Waals surface area contributed by atoms with Crippen LogP contribution in [0.5, 0.6) is 11.5 Å². The Hall–Kier alpha value is -3.88. The Balaban J connectivity index is 1.89. The van der Waals surface area contributed by atoms with Crippen molar-refractivity contribution in [1.29, 1.82) is 10.8 Å². The first kappa shape index (κ1) is 27.7. The summed E-state index contributed by atoms with van der Waals surface area (Å²) in [5.74, 6) is -1.22. The maximum atomic E-state index is 12.6. The van der Waals surface area contributed by atoms with Crippen molar-refractivity contribution >= 4 is 29.2 Å². The number of likely N-dealkylation sites (N-methyl/N-ethyl adjacent to an activating group) is 1. The molecule has 9 nitrogen and oxygen atoms in total. The lowest BCUT2D eigenvalue weighted by molar-refractivity contribution is -0.130. The van der Waals surface area contributed by atoms with Crippen LogP contribution in [0, 0.1) is 16.7 Å². The highest BCUT2D eigenvalue weighted by Gasteiger charge is 2.27. The molecule has 1 heterocycles. The molecular weight excluding hydrogens is 470 g/mol. The predicted octanol–water partition coefficient (Wildman–Crippen LogP) is 3.97. The van der Waals surface area contributed by atoms with Gasteiger partial charge in [0.15, 0.2) is 5.84 Å². The van der Waals surface area contributed by atoms with E-state index in [1.54, 1.807) is 26.0 Å². The number of nitrogens with zero attached hydrogens (tertiary/aromatic N) is 2. The van der Waals surface area contributed by atoms with Crippen LogP contribution in [0.15, 0.2) is 36.4 Å². The van der Waals surface area contributed by atoms with Crippen LogP contribution in [0.1, 0.15) is 63.1 Å². The van der Waals surface area contributed by atoms with E-state index in [0.29, 0.717) is 23.7 Å². The quantitative estimate of drug-likeness (QED) is 0.297. The summed E-state index contributed by atoms with van der Waals surface area (Å²) in [7, 11) is 0. The third-order valence-corrected chi connectivity index (χ3v) is 6.80. The fourth-order valence-corrected chi connectivity index (χ4v) is 4.65. The van der Waals surface area contributed by atoms with Crippen LogP contribution in [0.25, 0.3) is 0 Å². The summed E-state index contributed by atoms with van der Waals surface area (Å²) in [4.78, 5) is 27.3. The Labute approximate surface area is 218 Å². The van der Waals surface area contributed by atoms with Gasteiger partial charge in [0.1, 0.15) is 17.3 Å². The van der Waals surface area contributed by atoms with Crippen molar-refractivity contribution in [3.8, 4) is 11.5 Å². The number of anilines is 1. The first-order valence-electron chi connectivity index (χ1n) is 12.7. The standard InChI is InChI=1S/C28H37N5O4/c1-5-31-28(37)27(30)33(26(29)23-15-22(17(2)3)24(35)16-25(23)36)21-8-6-19(7-9-21)14-20-10-12-32(13-11-20)18(4)34/h6-9,15-17,20,29-30,35-36H,5,10-14H2,1-4H3,(H,31,37). The molecule has 0 aromatic heterocycles. The number of carbonyl (C=O) groups is 2. The van der Waals surface area contributed by atoms with Gasteiger partial charge < -0.3 is 20.4 Å². The molecule has 0 bridgehead atoms. The van der Waals surface area contributed by atoms with Gasteiger partial charge in [-0.1, -0.05) is 26.0 Å². The van der Waals surface area contributed by atoms with Crippen LogP contribution in [0.3, 0.4) is 0 Å². The highest BCUT2D eigenvalue weighted by Crippen LogP contribution is 2.34. The number of carbonyl (C=O) groups excluding carboxylic acids is 2. The van der Waals surface area contributed by atoms with Crippen LogP contribution < -0.4 is 10.2 Å². The summed E-state index contributed by atoms with van der Waals surface area (Å²) in [6.07, 6.45) is 2.74. The van der Waals surface area contributed by atoms with E-state index in [2.05, 4.69) is 5.32 Å². The van der Waals surface area contributed by atoms with Gasteiger partial charge in [0, 0.05) is 38.3 Å². The van der Waals surface area contributed by atoms with E-state index in [9.17, 15) is 19.8 Å². The SMILES string of the molecule is CCNC(=O)C(=N)N(C(=N)c1cc(C(C)C)c(O)cc1O)c1ccc(CC2CCN(C(C)=O)CC2)cc1. The molecule has 2 amide bonds. The Bertz CT molecular complexity index is 1170. The van der Waals surface area contributed by atoms with Crippen molar-refractivity contribution in [2.45, 2.75) is 52.9 Å².